The topological polar surface area (TPSA) is 38.7 Å². The van der Waals surface area contributed by atoms with Crippen LogP contribution in [0.25, 0.3) is 22.6 Å². The minimum atomic E-state index is -0.477. The normalized spacial score (nSPS) is 10.6. The summed E-state index contributed by atoms with van der Waals surface area (Å²) in [6.45, 7) is 0. The van der Waals surface area contributed by atoms with Crippen molar-refractivity contribution in [3.63, 3.8) is 0 Å². The number of halogens is 3. The van der Waals surface area contributed by atoms with Crippen LogP contribution in [-0.4, -0.2) is 15.0 Å². The van der Waals surface area contributed by atoms with Gasteiger partial charge >= 0.3 is 0 Å². The molecule has 0 unspecified atom stereocenters. The molecule has 6 heteroatoms. The maximum atomic E-state index is 13.2. The van der Waals surface area contributed by atoms with Gasteiger partial charge in [0.2, 0.25) is 0 Å². The lowest BCUT2D eigenvalue weighted by Crippen LogP contribution is -1.93. The van der Waals surface area contributed by atoms with E-state index in [0.717, 1.165) is 5.56 Å². The Morgan fingerprint density at radius 2 is 1.62 bits per heavy atom. The first-order valence-corrected chi connectivity index (χ1v) is 6.79. The largest absolute Gasteiger partial charge is 0.265 e. The fourth-order valence-corrected chi connectivity index (χ4v) is 2.21. The number of rotatable bonds is 2. The lowest BCUT2D eigenvalue weighted by molar-refractivity contribution is 0.628. The Bertz CT molecular complexity index is 794. The van der Waals surface area contributed by atoms with Gasteiger partial charge in [0.1, 0.15) is 11.0 Å². The first-order valence-electron chi connectivity index (χ1n) is 6.04. The molecular formula is C15H8Cl2FN3. The van der Waals surface area contributed by atoms with E-state index in [2.05, 4.69) is 15.0 Å². The Labute approximate surface area is 130 Å². The molecule has 2 aromatic heterocycles. The number of pyridine rings is 1. The molecule has 0 saturated carbocycles. The van der Waals surface area contributed by atoms with E-state index in [0.29, 0.717) is 22.2 Å². The van der Waals surface area contributed by atoms with E-state index in [-0.39, 0.29) is 5.02 Å². The zero-order valence-corrected chi connectivity index (χ0v) is 12.1. The van der Waals surface area contributed by atoms with E-state index >= 15 is 0 Å². The molecule has 0 aliphatic rings. The Hall–Kier alpha value is -2.04. The molecule has 0 N–H and O–H groups in total. The summed E-state index contributed by atoms with van der Waals surface area (Å²) in [4.78, 5) is 12.6. The van der Waals surface area contributed by atoms with Crippen LogP contribution in [0, 0.1) is 5.82 Å². The lowest BCUT2D eigenvalue weighted by atomic mass is 10.1. The first kappa shape index (κ1) is 13.9. The summed E-state index contributed by atoms with van der Waals surface area (Å²) in [5.41, 5.74) is 2.03. The van der Waals surface area contributed by atoms with Crippen molar-refractivity contribution in [1.82, 2.24) is 15.0 Å². The van der Waals surface area contributed by atoms with E-state index in [9.17, 15) is 4.39 Å². The summed E-state index contributed by atoms with van der Waals surface area (Å²) in [6, 6.07) is 9.57. The second-order valence-corrected chi connectivity index (χ2v) is 5.06. The third kappa shape index (κ3) is 3.01. The van der Waals surface area contributed by atoms with Crippen LogP contribution < -0.4 is 0 Å². The van der Waals surface area contributed by atoms with E-state index in [1.165, 1.54) is 12.1 Å². The molecular weight excluding hydrogens is 312 g/mol. The molecule has 0 spiro atoms. The quantitative estimate of drug-likeness (QED) is 0.645. The predicted octanol–water partition coefficient (Wildman–Crippen LogP) is 4.65. The molecule has 104 valence electrons. The van der Waals surface area contributed by atoms with Crippen molar-refractivity contribution >= 4 is 23.2 Å². The average molecular weight is 320 g/mol. The monoisotopic (exact) mass is 319 g/mol. The lowest BCUT2D eigenvalue weighted by Gasteiger charge is -2.06. The molecule has 0 fully saturated rings. The molecule has 3 aromatic rings. The average Bonchev–Trinajstić information content (AvgIpc) is 2.50. The second kappa shape index (κ2) is 5.76. The summed E-state index contributed by atoms with van der Waals surface area (Å²) >= 11 is 11.8. The van der Waals surface area contributed by atoms with Crippen molar-refractivity contribution < 1.29 is 4.39 Å². The number of hydrogen-bond donors (Lipinski definition) is 0. The van der Waals surface area contributed by atoms with Crippen molar-refractivity contribution in [3.05, 3.63) is 64.8 Å². The van der Waals surface area contributed by atoms with Crippen molar-refractivity contribution in [2.24, 2.45) is 0 Å². The Morgan fingerprint density at radius 1 is 0.857 bits per heavy atom. The van der Waals surface area contributed by atoms with Crippen LogP contribution >= 0.6 is 23.2 Å². The molecule has 3 rings (SSSR count). The van der Waals surface area contributed by atoms with E-state index < -0.39 is 5.82 Å². The van der Waals surface area contributed by atoms with Crippen LogP contribution in [-0.2, 0) is 0 Å². The Kier molecular flexibility index (Phi) is 3.82. The predicted molar refractivity (Wildman–Crippen MR) is 80.7 cm³/mol. The molecule has 0 saturated heterocycles. The third-order valence-electron chi connectivity index (χ3n) is 2.85. The molecule has 2 heterocycles. The number of hydrogen-bond acceptors (Lipinski definition) is 3. The van der Waals surface area contributed by atoms with Crippen LogP contribution in [0.4, 0.5) is 4.39 Å². The minimum absolute atomic E-state index is 0.0349. The van der Waals surface area contributed by atoms with Gasteiger partial charge < -0.3 is 0 Å². The van der Waals surface area contributed by atoms with E-state index in [1.54, 1.807) is 36.7 Å². The molecule has 0 amide bonds. The van der Waals surface area contributed by atoms with Gasteiger partial charge in [0.05, 0.1) is 10.7 Å². The van der Waals surface area contributed by atoms with Gasteiger partial charge in [-0.1, -0.05) is 23.2 Å². The van der Waals surface area contributed by atoms with E-state index in [4.69, 9.17) is 23.2 Å². The van der Waals surface area contributed by atoms with Crippen LogP contribution in [0.1, 0.15) is 0 Å². The van der Waals surface area contributed by atoms with Gasteiger partial charge in [0.15, 0.2) is 5.82 Å². The van der Waals surface area contributed by atoms with Crippen molar-refractivity contribution in [2.75, 3.05) is 0 Å². The summed E-state index contributed by atoms with van der Waals surface area (Å²) in [7, 11) is 0. The summed E-state index contributed by atoms with van der Waals surface area (Å²) < 4.78 is 13.2. The number of benzene rings is 1. The molecule has 0 bridgehead atoms. The minimum Gasteiger partial charge on any atom is -0.265 e. The third-order valence-corrected chi connectivity index (χ3v) is 3.33. The van der Waals surface area contributed by atoms with Crippen LogP contribution in [0.3, 0.4) is 0 Å². The standard InChI is InChI=1S/C15H8Cl2FN3/c16-11-7-10(1-2-12(11)18)13-8-14(17)21-15(20-13)9-3-5-19-6-4-9/h1-8H. The molecule has 0 aliphatic heterocycles. The van der Waals surface area contributed by atoms with Crippen molar-refractivity contribution in [2.45, 2.75) is 0 Å². The summed E-state index contributed by atoms with van der Waals surface area (Å²) in [6.07, 6.45) is 3.29. The molecule has 3 nitrogen and oxygen atoms in total. The van der Waals surface area contributed by atoms with E-state index in [1.807, 2.05) is 0 Å². The highest BCUT2D eigenvalue weighted by Crippen LogP contribution is 2.27. The summed E-state index contributed by atoms with van der Waals surface area (Å²) in [5.74, 6) is -0.00438. The van der Waals surface area contributed by atoms with Gasteiger partial charge in [0, 0.05) is 29.6 Å². The highest BCUT2D eigenvalue weighted by molar-refractivity contribution is 6.31. The molecule has 0 radical (unpaired) electrons. The number of aromatic nitrogens is 3. The van der Waals surface area contributed by atoms with Crippen LogP contribution in [0.15, 0.2) is 48.8 Å². The van der Waals surface area contributed by atoms with Gasteiger partial charge in [-0.3, -0.25) is 4.98 Å². The highest BCUT2D eigenvalue weighted by Gasteiger charge is 2.09. The fourth-order valence-electron chi connectivity index (χ4n) is 1.85. The molecule has 21 heavy (non-hydrogen) atoms. The molecule has 0 aliphatic carbocycles. The maximum Gasteiger partial charge on any atom is 0.161 e. The van der Waals surface area contributed by atoms with Crippen molar-refractivity contribution in [3.8, 4) is 22.6 Å². The molecule has 0 atom stereocenters. The van der Waals surface area contributed by atoms with Crippen molar-refractivity contribution in [1.29, 1.82) is 0 Å². The zero-order chi connectivity index (χ0) is 14.8. The first-order chi connectivity index (χ1) is 10.1. The maximum absolute atomic E-state index is 13.2. The number of nitrogens with zero attached hydrogens (tertiary/aromatic N) is 3. The SMILES string of the molecule is Fc1ccc(-c2cc(Cl)nc(-c3ccncc3)n2)cc1Cl. The van der Waals surface area contributed by atoms with Gasteiger partial charge in [-0.25, -0.2) is 14.4 Å². The van der Waals surface area contributed by atoms with Crippen LogP contribution in [0.2, 0.25) is 10.2 Å². The van der Waals surface area contributed by atoms with Gasteiger partial charge in [-0.15, -0.1) is 0 Å². The fraction of sp³-hybridized carbons (Fsp3) is 0. The Morgan fingerprint density at radius 3 is 2.33 bits per heavy atom. The smallest absolute Gasteiger partial charge is 0.161 e. The van der Waals surface area contributed by atoms with Crippen LogP contribution in [0.5, 0.6) is 0 Å². The van der Waals surface area contributed by atoms with Gasteiger partial charge in [-0.05, 0) is 30.3 Å². The summed E-state index contributed by atoms with van der Waals surface area (Å²) in [5, 5.41) is 0.333. The Balaban J connectivity index is 2.11. The van der Waals surface area contributed by atoms with Gasteiger partial charge in [-0.2, -0.15) is 0 Å². The molecule has 1 aromatic carbocycles. The highest BCUT2D eigenvalue weighted by atomic mass is 35.5. The second-order valence-electron chi connectivity index (χ2n) is 4.26. The van der Waals surface area contributed by atoms with Gasteiger partial charge in [0.25, 0.3) is 0 Å². The zero-order valence-electron chi connectivity index (χ0n) is 10.6.